The fourth-order valence-corrected chi connectivity index (χ4v) is 2.10. The zero-order chi connectivity index (χ0) is 11.4. The van der Waals surface area contributed by atoms with Crippen molar-refractivity contribution < 1.29 is 14.2 Å². The fourth-order valence-electron chi connectivity index (χ4n) is 2.10. The molecule has 0 bridgehead atoms. The average molecular weight is 222 g/mol. The molecule has 0 radical (unpaired) electrons. The van der Waals surface area contributed by atoms with Gasteiger partial charge in [-0.3, -0.25) is 0 Å². The van der Waals surface area contributed by atoms with Crippen molar-refractivity contribution in [2.24, 2.45) is 0 Å². The molecule has 16 heavy (non-hydrogen) atoms. The molecule has 1 aliphatic heterocycles. The highest BCUT2D eigenvalue weighted by molar-refractivity contribution is 5.29. The zero-order valence-corrected chi connectivity index (χ0v) is 9.81. The molecule has 1 heterocycles. The van der Waals surface area contributed by atoms with Gasteiger partial charge in [-0.25, -0.2) is 0 Å². The van der Waals surface area contributed by atoms with E-state index in [4.69, 9.17) is 14.2 Å². The van der Waals surface area contributed by atoms with Gasteiger partial charge in [0.15, 0.2) is 0 Å². The van der Waals surface area contributed by atoms with Gasteiger partial charge in [-0.15, -0.1) is 0 Å². The molecule has 88 valence electrons. The SMILES string of the molecule is COc1ccc(C2OCCCC2OC)cc1. The molecular weight excluding hydrogens is 204 g/mol. The van der Waals surface area contributed by atoms with Crippen LogP contribution in [0.25, 0.3) is 0 Å². The summed E-state index contributed by atoms with van der Waals surface area (Å²) in [6.45, 7) is 0.816. The first-order chi connectivity index (χ1) is 7.85. The molecule has 0 saturated carbocycles. The van der Waals surface area contributed by atoms with Crippen molar-refractivity contribution in [2.75, 3.05) is 20.8 Å². The van der Waals surface area contributed by atoms with Gasteiger partial charge >= 0.3 is 0 Å². The maximum Gasteiger partial charge on any atom is 0.118 e. The number of benzene rings is 1. The summed E-state index contributed by atoms with van der Waals surface area (Å²) in [6.07, 6.45) is 2.37. The van der Waals surface area contributed by atoms with Crippen LogP contribution in [0.2, 0.25) is 0 Å². The third-order valence-corrected chi connectivity index (χ3v) is 3.02. The van der Waals surface area contributed by atoms with Crippen molar-refractivity contribution in [3.8, 4) is 5.75 Å². The van der Waals surface area contributed by atoms with E-state index in [2.05, 4.69) is 0 Å². The van der Waals surface area contributed by atoms with Gasteiger partial charge in [-0.1, -0.05) is 12.1 Å². The Morgan fingerprint density at radius 2 is 1.94 bits per heavy atom. The van der Waals surface area contributed by atoms with Crippen LogP contribution in [0.15, 0.2) is 24.3 Å². The van der Waals surface area contributed by atoms with Crippen molar-refractivity contribution in [3.05, 3.63) is 29.8 Å². The predicted octanol–water partition coefficient (Wildman–Crippen LogP) is 2.56. The van der Waals surface area contributed by atoms with E-state index in [0.29, 0.717) is 0 Å². The lowest BCUT2D eigenvalue weighted by Crippen LogP contribution is -2.28. The minimum Gasteiger partial charge on any atom is -0.497 e. The van der Waals surface area contributed by atoms with Crippen LogP contribution in [0.3, 0.4) is 0 Å². The molecule has 3 nitrogen and oxygen atoms in total. The lowest BCUT2D eigenvalue weighted by Gasteiger charge is -2.31. The molecule has 2 unspecified atom stereocenters. The number of rotatable bonds is 3. The third-order valence-electron chi connectivity index (χ3n) is 3.02. The van der Waals surface area contributed by atoms with E-state index in [0.717, 1.165) is 30.8 Å². The van der Waals surface area contributed by atoms with E-state index in [9.17, 15) is 0 Å². The molecule has 1 fully saturated rings. The van der Waals surface area contributed by atoms with Crippen LogP contribution in [0.5, 0.6) is 5.75 Å². The Kier molecular flexibility index (Phi) is 3.80. The van der Waals surface area contributed by atoms with E-state index >= 15 is 0 Å². The van der Waals surface area contributed by atoms with Crippen molar-refractivity contribution in [1.29, 1.82) is 0 Å². The summed E-state index contributed by atoms with van der Waals surface area (Å²) in [5.41, 5.74) is 1.16. The Balaban J connectivity index is 2.14. The lowest BCUT2D eigenvalue weighted by atomic mass is 9.98. The number of hydrogen-bond acceptors (Lipinski definition) is 3. The highest BCUT2D eigenvalue weighted by Crippen LogP contribution is 2.31. The average Bonchev–Trinajstić information content (AvgIpc) is 2.39. The Hall–Kier alpha value is -1.06. The normalized spacial score (nSPS) is 25.4. The van der Waals surface area contributed by atoms with E-state index in [1.165, 1.54) is 0 Å². The summed E-state index contributed by atoms with van der Waals surface area (Å²) in [5.74, 6) is 0.869. The van der Waals surface area contributed by atoms with Crippen molar-refractivity contribution in [1.82, 2.24) is 0 Å². The van der Waals surface area contributed by atoms with Crippen LogP contribution in [0.1, 0.15) is 24.5 Å². The quantitative estimate of drug-likeness (QED) is 0.786. The largest absolute Gasteiger partial charge is 0.497 e. The summed E-state index contributed by atoms with van der Waals surface area (Å²) in [6, 6.07) is 8.00. The molecule has 1 saturated heterocycles. The van der Waals surface area contributed by atoms with E-state index < -0.39 is 0 Å². The summed E-state index contributed by atoms with van der Waals surface area (Å²) < 4.78 is 16.4. The van der Waals surface area contributed by atoms with Crippen LogP contribution in [0, 0.1) is 0 Å². The number of hydrogen-bond donors (Lipinski definition) is 0. The topological polar surface area (TPSA) is 27.7 Å². The molecule has 1 aromatic rings. The summed E-state index contributed by atoms with van der Waals surface area (Å²) in [5, 5.41) is 0. The van der Waals surface area contributed by atoms with Gasteiger partial charge in [0.25, 0.3) is 0 Å². The van der Waals surface area contributed by atoms with Crippen molar-refractivity contribution >= 4 is 0 Å². The Bertz CT molecular complexity index is 320. The van der Waals surface area contributed by atoms with Crippen LogP contribution >= 0.6 is 0 Å². The summed E-state index contributed by atoms with van der Waals surface area (Å²) in [7, 11) is 3.42. The minimum absolute atomic E-state index is 0.0599. The minimum atomic E-state index is 0.0599. The molecule has 0 amide bonds. The Morgan fingerprint density at radius 1 is 1.19 bits per heavy atom. The second-order valence-corrected chi connectivity index (χ2v) is 3.98. The van der Waals surface area contributed by atoms with Crippen molar-refractivity contribution in [2.45, 2.75) is 25.0 Å². The number of ether oxygens (including phenoxy) is 3. The standard InChI is InChI=1S/C13H18O3/c1-14-11-7-5-10(6-8-11)13-12(15-2)4-3-9-16-13/h5-8,12-13H,3-4,9H2,1-2H3. The smallest absolute Gasteiger partial charge is 0.118 e. The second kappa shape index (κ2) is 5.32. The van der Waals surface area contributed by atoms with Crippen LogP contribution < -0.4 is 4.74 Å². The molecule has 0 spiro atoms. The maximum absolute atomic E-state index is 5.78. The molecule has 0 aromatic heterocycles. The number of methoxy groups -OCH3 is 2. The van der Waals surface area contributed by atoms with Crippen LogP contribution in [0.4, 0.5) is 0 Å². The molecule has 2 rings (SSSR count). The van der Waals surface area contributed by atoms with Crippen LogP contribution in [-0.4, -0.2) is 26.9 Å². The van der Waals surface area contributed by atoms with Gasteiger partial charge in [-0.2, -0.15) is 0 Å². The second-order valence-electron chi connectivity index (χ2n) is 3.98. The molecule has 1 aromatic carbocycles. The van der Waals surface area contributed by atoms with E-state index in [1.54, 1.807) is 14.2 Å². The van der Waals surface area contributed by atoms with Gasteiger partial charge in [0, 0.05) is 13.7 Å². The third kappa shape index (κ3) is 2.36. The van der Waals surface area contributed by atoms with E-state index in [1.807, 2.05) is 24.3 Å². The Morgan fingerprint density at radius 3 is 2.56 bits per heavy atom. The first-order valence-electron chi connectivity index (χ1n) is 5.63. The molecular formula is C13H18O3. The van der Waals surface area contributed by atoms with Gasteiger partial charge < -0.3 is 14.2 Å². The summed E-state index contributed by atoms with van der Waals surface area (Å²) >= 11 is 0. The highest BCUT2D eigenvalue weighted by atomic mass is 16.5. The molecule has 0 N–H and O–H groups in total. The van der Waals surface area contributed by atoms with Crippen LogP contribution in [-0.2, 0) is 9.47 Å². The fraction of sp³-hybridized carbons (Fsp3) is 0.538. The molecule has 2 atom stereocenters. The van der Waals surface area contributed by atoms with Gasteiger partial charge in [0.05, 0.1) is 13.2 Å². The molecule has 1 aliphatic rings. The predicted molar refractivity (Wildman–Crippen MR) is 61.7 cm³/mol. The molecule has 0 aliphatic carbocycles. The van der Waals surface area contributed by atoms with Gasteiger partial charge in [0.1, 0.15) is 11.9 Å². The maximum atomic E-state index is 5.78. The molecule has 3 heteroatoms. The van der Waals surface area contributed by atoms with Gasteiger partial charge in [0.2, 0.25) is 0 Å². The van der Waals surface area contributed by atoms with Gasteiger partial charge in [-0.05, 0) is 30.5 Å². The highest BCUT2D eigenvalue weighted by Gasteiger charge is 2.27. The first kappa shape index (κ1) is 11.4. The lowest BCUT2D eigenvalue weighted by molar-refractivity contribution is -0.0928. The first-order valence-corrected chi connectivity index (χ1v) is 5.63. The van der Waals surface area contributed by atoms with Crippen molar-refractivity contribution in [3.63, 3.8) is 0 Å². The Labute approximate surface area is 96.3 Å². The van der Waals surface area contributed by atoms with E-state index in [-0.39, 0.29) is 12.2 Å². The monoisotopic (exact) mass is 222 g/mol. The zero-order valence-electron chi connectivity index (χ0n) is 9.81. The summed E-state index contributed by atoms with van der Waals surface area (Å²) in [4.78, 5) is 0.